The zero-order chi connectivity index (χ0) is 24.0. The summed E-state index contributed by atoms with van der Waals surface area (Å²) in [5.74, 6) is 1.62. The molecule has 0 aromatic heterocycles. The van der Waals surface area contributed by atoms with E-state index in [1.54, 1.807) is 12.1 Å². The summed E-state index contributed by atoms with van der Waals surface area (Å²) in [5, 5.41) is 3.25. The highest BCUT2D eigenvalue weighted by molar-refractivity contribution is 7.89. The summed E-state index contributed by atoms with van der Waals surface area (Å²) in [6.07, 6.45) is 1.44. The monoisotopic (exact) mass is 478 g/mol. The van der Waals surface area contributed by atoms with Gasteiger partial charge in [-0.05, 0) is 41.9 Å². The minimum Gasteiger partial charge on any atom is -0.340 e. The van der Waals surface area contributed by atoms with E-state index in [4.69, 9.17) is 0 Å². The third-order valence-corrected chi connectivity index (χ3v) is 8.75. The first-order chi connectivity index (χ1) is 15.7. The maximum atomic E-state index is 13.6. The molecule has 2 aliphatic heterocycles. The van der Waals surface area contributed by atoms with Crippen LogP contribution in [0.5, 0.6) is 0 Å². The van der Waals surface area contributed by atoms with Crippen LogP contribution in [0.15, 0.2) is 29.2 Å². The number of piperidine rings is 1. The highest BCUT2D eigenvalue weighted by Crippen LogP contribution is 2.23. The number of benzene rings is 1. The number of hydrogen-bond acceptors (Lipinski definition) is 5. The van der Waals surface area contributed by atoms with Crippen molar-refractivity contribution in [3.8, 4) is 0 Å². The summed E-state index contributed by atoms with van der Waals surface area (Å²) in [6, 6.07) is 7.22. The van der Waals surface area contributed by atoms with Gasteiger partial charge in [0.2, 0.25) is 15.9 Å². The average Bonchev–Trinajstić information content (AvgIpc) is 2.78. The topological polar surface area (TPSA) is 73.0 Å². The molecule has 1 amide bonds. The molecule has 2 fully saturated rings. The second kappa shape index (κ2) is 11.8. The Balaban J connectivity index is 1.72. The molecule has 0 radical (unpaired) electrons. The van der Waals surface area contributed by atoms with Gasteiger partial charge in [0.1, 0.15) is 0 Å². The van der Waals surface area contributed by atoms with Crippen molar-refractivity contribution in [1.82, 2.24) is 19.4 Å². The van der Waals surface area contributed by atoms with Gasteiger partial charge in [0.15, 0.2) is 0 Å². The second-order valence-corrected chi connectivity index (χ2v) is 12.2. The van der Waals surface area contributed by atoms with Crippen LogP contribution in [0.3, 0.4) is 0 Å². The van der Waals surface area contributed by atoms with Gasteiger partial charge in [-0.1, -0.05) is 39.8 Å². The highest BCUT2D eigenvalue weighted by Gasteiger charge is 2.28. The van der Waals surface area contributed by atoms with Crippen molar-refractivity contribution in [1.29, 1.82) is 0 Å². The maximum absolute atomic E-state index is 13.6. The summed E-state index contributed by atoms with van der Waals surface area (Å²) >= 11 is 0. The molecule has 1 N–H and O–H groups in total. The Morgan fingerprint density at radius 1 is 1.06 bits per heavy atom. The number of likely N-dealkylation sites (tertiary alicyclic amines) is 1. The molecule has 0 saturated carbocycles. The zero-order valence-electron chi connectivity index (χ0n) is 20.8. The van der Waals surface area contributed by atoms with Crippen molar-refractivity contribution < 1.29 is 13.2 Å². The predicted molar refractivity (Wildman–Crippen MR) is 133 cm³/mol. The number of amides is 1. The van der Waals surface area contributed by atoms with Gasteiger partial charge in [0.25, 0.3) is 0 Å². The third-order valence-electron chi connectivity index (χ3n) is 6.84. The zero-order valence-corrected chi connectivity index (χ0v) is 21.6. The Morgan fingerprint density at radius 2 is 1.67 bits per heavy atom. The van der Waals surface area contributed by atoms with Crippen molar-refractivity contribution in [2.24, 2.45) is 11.8 Å². The Labute approximate surface area is 200 Å². The molecule has 0 bridgehead atoms. The number of carbonyl (C=O) groups is 1. The minimum absolute atomic E-state index is 0.0343. The molecule has 1 aromatic rings. The van der Waals surface area contributed by atoms with E-state index in [2.05, 4.69) is 37.9 Å². The molecule has 8 heteroatoms. The van der Waals surface area contributed by atoms with Gasteiger partial charge in [-0.3, -0.25) is 4.79 Å². The van der Waals surface area contributed by atoms with Crippen LogP contribution in [0.1, 0.15) is 52.0 Å². The van der Waals surface area contributed by atoms with E-state index in [0.29, 0.717) is 48.8 Å². The Hall–Kier alpha value is -1.48. The number of carbonyl (C=O) groups excluding carboxylic acids is 1. The summed E-state index contributed by atoms with van der Waals surface area (Å²) in [4.78, 5) is 17.3. The first-order valence-corrected chi connectivity index (χ1v) is 13.9. The lowest BCUT2D eigenvalue weighted by atomic mass is 9.92. The Bertz CT molecular complexity index is 856. The van der Waals surface area contributed by atoms with Gasteiger partial charge in [0, 0.05) is 65.3 Å². The number of rotatable bonds is 9. The second-order valence-electron chi connectivity index (χ2n) is 10.2. The molecule has 33 heavy (non-hydrogen) atoms. The van der Waals surface area contributed by atoms with Gasteiger partial charge in [-0.2, -0.15) is 4.31 Å². The maximum Gasteiger partial charge on any atom is 0.243 e. The van der Waals surface area contributed by atoms with E-state index < -0.39 is 10.0 Å². The van der Waals surface area contributed by atoms with Gasteiger partial charge < -0.3 is 15.1 Å². The van der Waals surface area contributed by atoms with Crippen molar-refractivity contribution >= 4 is 15.9 Å². The van der Waals surface area contributed by atoms with Crippen LogP contribution in [0.4, 0.5) is 0 Å². The molecule has 7 nitrogen and oxygen atoms in total. The number of nitrogens with one attached hydrogen (secondary N) is 1. The molecule has 186 valence electrons. The quantitative estimate of drug-likeness (QED) is 0.591. The minimum atomic E-state index is -3.67. The summed E-state index contributed by atoms with van der Waals surface area (Å²) < 4.78 is 28.7. The Kier molecular flexibility index (Phi) is 9.33. The summed E-state index contributed by atoms with van der Waals surface area (Å²) in [7, 11) is -3.67. The number of sulfonamides is 1. The van der Waals surface area contributed by atoms with Gasteiger partial charge in [0.05, 0.1) is 4.90 Å². The smallest absolute Gasteiger partial charge is 0.243 e. The fraction of sp³-hybridized carbons (Fsp3) is 0.720. The number of hydrogen-bond donors (Lipinski definition) is 1. The number of piperazine rings is 1. The summed E-state index contributed by atoms with van der Waals surface area (Å²) in [5.41, 5.74) is 1.12. The van der Waals surface area contributed by atoms with Crippen LogP contribution < -0.4 is 5.32 Å². The van der Waals surface area contributed by atoms with Crippen LogP contribution in [-0.4, -0.2) is 87.3 Å². The molecular weight excluding hydrogens is 436 g/mol. The van der Waals surface area contributed by atoms with E-state index in [0.717, 1.165) is 31.7 Å². The lowest BCUT2D eigenvalue weighted by molar-refractivity contribution is -0.131. The standard InChI is InChI=1S/C25H42N4O3S/c1-20(2)23-5-7-24(8-6-23)33(31,32)29(12-9-25(30)28-13-10-26-11-14-28)16-15-27-18-21(3)17-22(4)19-27/h5-8,20-22,26H,9-19H2,1-4H3. The fourth-order valence-electron chi connectivity index (χ4n) is 5.05. The fourth-order valence-corrected chi connectivity index (χ4v) is 6.48. The average molecular weight is 479 g/mol. The molecule has 0 spiro atoms. The third kappa shape index (κ3) is 7.25. The highest BCUT2D eigenvalue weighted by atomic mass is 32.2. The van der Waals surface area contributed by atoms with E-state index >= 15 is 0 Å². The van der Waals surface area contributed by atoms with Crippen molar-refractivity contribution in [3.63, 3.8) is 0 Å². The lowest BCUT2D eigenvalue weighted by Gasteiger charge is -2.36. The Morgan fingerprint density at radius 3 is 2.24 bits per heavy atom. The molecule has 2 heterocycles. The van der Waals surface area contributed by atoms with Crippen LogP contribution >= 0.6 is 0 Å². The molecule has 2 saturated heterocycles. The van der Waals surface area contributed by atoms with Gasteiger partial charge in [-0.15, -0.1) is 0 Å². The van der Waals surface area contributed by atoms with Crippen molar-refractivity contribution in [2.75, 3.05) is 58.9 Å². The van der Waals surface area contributed by atoms with Crippen LogP contribution in [0.2, 0.25) is 0 Å². The normalized spacial score (nSPS) is 22.8. The molecule has 2 atom stereocenters. The van der Waals surface area contributed by atoms with Gasteiger partial charge in [-0.25, -0.2) is 8.42 Å². The molecule has 1 aromatic carbocycles. The van der Waals surface area contributed by atoms with E-state index in [1.165, 1.54) is 10.7 Å². The molecular formula is C25H42N4O3S. The predicted octanol–water partition coefficient (Wildman–Crippen LogP) is 2.60. The first-order valence-electron chi connectivity index (χ1n) is 12.5. The van der Waals surface area contributed by atoms with Crippen molar-refractivity contribution in [2.45, 2.75) is 51.3 Å². The van der Waals surface area contributed by atoms with Gasteiger partial charge >= 0.3 is 0 Å². The van der Waals surface area contributed by atoms with E-state index in [1.807, 2.05) is 17.0 Å². The van der Waals surface area contributed by atoms with E-state index in [-0.39, 0.29) is 18.9 Å². The van der Waals surface area contributed by atoms with E-state index in [9.17, 15) is 13.2 Å². The first kappa shape index (κ1) is 26.1. The molecule has 2 aliphatic rings. The van der Waals surface area contributed by atoms with Crippen molar-refractivity contribution in [3.05, 3.63) is 29.8 Å². The van der Waals surface area contributed by atoms with Crippen LogP contribution in [0.25, 0.3) is 0 Å². The summed E-state index contributed by atoms with van der Waals surface area (Å²) in [6.45, 7) is 15.0. The lowest BCUT2D eigenvalue weighted by Crippen LogP contribution is -2.48. The SMILES string of the molecule is CC1CC(C)CN(CCN(CCC(=O)N2CCNCC2)S(=O)(=O)c2ccc(C(C)C)cc2)C1. The van der Waals surface area contributed by atoms with Crippen LogP contribution in [-0.2, 0) is 14.8 Å². The number of nitrogens with zero attached hydrogens (tertiary/aromatic N) is 3. The molecule has 2 unspecified atom stereocenters. The van der Waals surface area contributed by atoms with Crippen LogP contribution in [0, 0.1) is 11.8 Å². The molecule has 3 rings (SSSR count). The largest absolute Gasteiger partial charge is 0.340 e. The molecule has 0 aliphatic carbocycles.